The summed E-state index contributed by atoms with van der Waals surface area (Å²) in [5, 5.41) is 11.3. The molecular formula is C18H27N5O3S. The SMILES string of the molecule is CN(C)S(=O)(=O)c1ccc2c(c1)nnn2CCCC(=O)NC1CCCCC1. The van der Waals surface area contributed by atoms with Gasteiger partial charge in [0.25, 0.3) is 0 Å². The van der Waals surface area contributed by atoms with E-state index in [1.54, 1.807) is 16.8 Å². The summed E-state index contributed by atoms with van der Waals surface area (Å²) in [5.74, 6) is 0.0886. The molecule has 1 saturated carbocycles. The number of rotatable bonds is 7. The zero-order valence-corrected chi connectivity index (χ0v) is 16.7. The standard InChI is InChI=1S/C18H27N5O3S/c1-22(2)27(25,26)15-10-11-17-16(13-15)20-21-23(17)12-6-9-18(24)19-14-7-4-3-5-8-14/h10-11,13-14H,3-9,12H2,1-2H3,(H,19,24). The van der Waals surface area contributed by atoms with Gasteiger partial charge in [-0.2, -0.15) is 0 Å². The minimum Gasteiger partial charge on any atom is -0.353 e. The second-order valence-electron chi connectivity index (χ2n) is 7.26. The lowest BCUT2D eigenvalue weighted by Gasteiger charge is -2.22. The van der Waals surface area contributed by atoms with E-state index in [1.807, 2.05) is 0 Å². The van der Waals surface area contributed by atoms with Crippen LogP contribution in [0.1, 0.15) is 44.9 Å². The fourth-order valence-corrected chi connectivity index (χ4v) is 4.35. The molecule has 0 unspecified atom stereocenters. The summed E-state index contributed by atoms with van der Waals surface area (Å²) in [4.78, 5) is 12.3. The molecule has 1 fully saturated rings. The number of amides is 1. The van der Waals surface area contributed by atoms with Gasteiger partial charge in [-0.1, -0.05) is 24.5 Å². The van der Waals surface area contributed by atoms with Gasteiger partial charge in [0, 0.05) is 33.1 Å². The number of benzene rings is 1. The van der Waals surface area contributed by atoms with Gasteiger partial charge in [-0.05, 0) is 37.5 Å². The van der Waals surface area contributed by atoms with Crippen LogP contribution in [0.2, 0.25) is 0 Å². The maximum atomic E-state index is 12.2. The monoisotopic (exact) mass is 393 g/mol. The van der Waals surface area contributed by atoms with Gasteiger partial charge in [0.1, 0.15) is 5.52 Å². The molecule has 1 aliphatic rings. The van der Waals surface area contributed by atoms with Crippen LogP contribution in [0.4, 0.5) is 0 Å². The van der Waals surface area contributed by atoms with Gasteiger partial charge in [0.15, 0.2) is 0 Å². The Kier molecular flexibility index (Phi) is 6.11. The molecule has 1 aromatic carbocycles. The molecule has 8 nitrogen and oxygen atoms in total. The maximum absolute atomic E-state index is 12.2. The van der Waals surface area contributed by atoms with Crippen molar-refractivity contribution in [3.05, 3.63) is 18.2 Å². The minimum absolute atomic E-state index is 0.0886. The van der Waals surface area contributed by atoms with Crippen LogP contribution in [0.5, 0.6) is 0 Å². The quantitative estimate of drug-likeness (QED) is 0.775. The zero-order valence-electron chi connectivity index (χ0n) is 15.9. The number of hydrogen-bond acceptors (Lipinski definition) is 5. The Hall–Kier alpha value is -2.00. The number of sulfonamides is 1. The molecule has 1 aliphatic carbocycles. The summed E-state index contributed by atoms with van der Waals surface area (Å²) < 4.78 is 27.3. The predicted molar refractivity (Wildman–Crippen MR) is 103 cm³/mol. The van der Waals surface area contributed by atoms with E-state index in [9.17, 15) is 13.2 Å². The fourth-order valence-electron chi connectivity index (χ4n) is 3.42. The van der Waals surface area contributed by atoms with Crippen LogP contribution < -0.4 is 5.32 Å². The van der Waals surface area contributed by atoms with Gasteiger partial charge >= 0.3 is 0 Å². The van der Waals surface area contributed by atoms with Crippen molar-refractivity contribution in [3.8, 4) is 0 Å². The molecule has 1 amide bonds. The third-order valence-electron chi connectivity index (χ3n) is 5.01. The van der Waals surface area contributed by atoms with Gasteiger partial charge in [0.05, 0.1) is 10.4 Å². The highest BCUT2D eigenvalue weighted by atomic mass is 32.2. The van der Waals surface area contributed by atoms with Crippen LogP contribution in [0.25, 0.3) is 11.0 Å². The van der Waals surface area contributed by atoms with Crippen molar-refractivity contribution in [2.24, 2.45) is 0 Å². The average molecular weight is 394 g/mol. The molecule has 1 aromatic heterocycles. The molecule has 0 spiro atoms. The zero-order chi connectivity index (χ0) is 19.4. The largest absolute Gasteiger partial charge is 0.353 e. The molecule has 0 atom stereocenters. The minimum atomic E-state index is -3.50. The predicted octanol–water partition coefficient (Wildman–Crippen LogP) is 1.91. The Balaban J connectivity index is 1.58. The molecule has 3 rings (SSSR count). The van der Waals surface area contributed by atoms with Gasteiger partial charge in [-0.25, -0.2) is 17.4 Å². The van der Waals surface area contributed by atoms with Crippen LogP contribution in [0.3, 0.4) is 0 Å². The first-order chi connectivity index (χ1) is 12.9. The Morgan fingerprint density at radius 2 is 2.00 bits per heavy atom. The topological polar surface area (TPSA) is 97.2 Å². The van der Waals surface area contributed by atoms with Crippen LogP contribution in [0, 0.1) is 0 Å². The van der Waals surface area contributed by atoms with E-state index in [2.05, 4.69) is 15.6 Å². The number of aromatic nitrogens is 3. The van der Waals surface area contributed by atoms with E-state index in [0.717, 1.165) is 18.4 Å². The maximum Gasteiger partial charge on any atom is 0.242 e. The number of carbonyl (C=O) groups excluding carboxylic acids is 1. The first kappa shape index (κ1) is 19.8. The summed E-state index contributed by atoms with van der Waals surface area (Å²) in [5.41, 5.74) is 1.30. The van der Waals surface area contributed by atoms with Gasteiger partial charge in [-0.15, -0.1) is 5.10 Å². The lowest BCUT2D eigenvalue weighted by atomic mass is 9.95. The Labute approximate surface area is 160 Å². The first-order valence-corrected chi connectivity index (χ1v) is 10.9. The smallest absolute Gasteiger partial charge is 0.242 e. The lowest BCUT2D eigenvalue weighted by molar-refractivity contribution is -0.122. The summed E-state index contributed by atoms with van der Waals surface area (Å²) in [6.45, 7) is 0.564. The molecule has 148 valence electrons. The van der Waals surface area contributed by atoms with Crippen molar-refractivity contribution < 1.29 is 13.2 Å². The second kappa shape index (κ2) is 8.35. The van der Waals surface area contributed by atoms with Gasteiger partial charge in [-0.3, -0.25) is 4.79 Å². The van der Waals surface area contributed by atoms with E-state index >= 15 is 0 Å². The summed E-state index contributed by atoms with van der Waals surface area (Å²) in [6, 6.07) is 5.14. The van der Waals surface area contributed by atoms with Crippen molar-refractivity contribution in [3.63, 3.8) is 0 Å². The van der Waals surface area contributed by atoms with Crippen molar-refractivity contribution in [1.82, 2.24) is 24.6 Å². The van der Waals surface area contributed by atoms with Crippen molar-refractivity contribution >= 4 is 27.0 Å². The summed E-state index contributed by atoms with van der Waals surface area (Å²) in [7, 11) is -0.509. The molecule has 1 N–H and O–H groups in total. The number of carbonyl (C=O) groups is 1. The van der Waals surface area contributed by atoms with Crippen molar-refractivity contribution in [2.75, 3.05) is 14.1 Å². The van der Waals surface area contributed by atoms with E-state index in [-0.39, 0.29) is 10.8 Å². The summed E-state index contributed by atoms with van der Waals surface area (Å²) >= 11 is 0. The molecule has 2 aromatic rings. The molecule has 9 heteroatoms. The number of nitrogens with one attached hydrogen (secondary N) is 1. The molecule has 0 aliphatic heterocycles. The molecule has 0 saturated heterocycles. The van der Waals surface area contributed by atoms with Crippen LogP contribution in [-0.2, 0) is 21.4 Å². The van der Waals surface area contributed by atoms with Crippen molar-refractivity contribution in [1.29, 1.82) is 0 Å². The highest BCUT2D eigenvalue weighted by molar-refractivity contribution is 7.89. The number of aryl methyl sites for hydroxylation is 1. The highest BCUT2D eigenvalue weighted by Gasteiger charge is 2.19. The van der Waals surface area contributed by atoms with E-state index in [4.69, 9.17) is 0 Å². The normalized spacial score (nSPS) is 16.1. The highest BCUT2D eigenvalue weighted by Crippen LogP contribution is 2.20. The molecular weight excluding hydrogens is 366 g/mol. The van der Waals surface area contributed by atoms with Gasteiger partial charge < -0.3 is 5.32 Å². The molecule has 0 bridgehead atoms. The van der Waals surface area contributed by atoms with E-state index < -0.39 is 10.0 Å². The first-order valence-electron chi connectivity index (χ1n) is 9.43. The van der Waals surface area contributed by atoms with E-state index in [0.29, 0.717) is 30.9 Å². The van der Waals surface area contributed by atoms with Gasteiger partial charge in [0.2, 0.25) is 15.9 Å². The van der Waals surface area contributed by atoms with Crippen LogP contribution in [0.15, 0.2) is 23.1 Å². The van der Waals surface area contributed by atoms with Crippen LogP contribution in [-0.4, -0.2) is 53.8 Å². The summed E-state index contributed by atoms with van der Waals surface area (Å²) in [6.07, 6.45) is 6.93. The fraction of sp³-hybridized carbons (Fsp3) is 0.611. The van der Waals surface area contributed by atoms with Crippen molar-refractivity contribution in [2.45, 2.75) is 62.4 Å². The third kappa shape index (κ3) is 4.65. The average Bonchev–Trinajstić information content (AvgIpc) is 3.05. The number of fused-ring (bicyclic) bond motifs is 1. The molecule has 27 heavy (non-hydrogen) atoms. The van der Waals surface area contributed by atoms with E-state index in [1.165, 1.54) is 43.7 Å². The molecule has 0 radical (unpaired) electrons. The Morgan fingerprint density at radius 3 is 2.70 bits per heavy atom. The number of hydrogen-bond donors (Lipinski definition) is 1. The molecule has 1 heterocycles. The lowest BCUT2D eigenvalue weighted by Crippen LogP contribution is -2.36. The second-order valence-corrected chi connectivity index (χ2v) is 9.41. The number of nitrogens with zero attached hydrogens (tertiary/aromatic N) is 4. The Morgan fingerprint density at radius 1 is 1.26 bits per heavy atom. The Bertz CT molecular complexity index is 901. The van der Waals surface area contributed by atoms with Crippen LogP contribution >= 0.6 is 0 Å². The third-order valence-corrected chi connectivity index (χ3v) is 6.82.